The Morgan fingerprint density at radius 2 is 1.96 bits per heavy atom. The highest BCUT2D eigenvalue weighted by atomic mass is 35.5. The fraction of sp³-hybridized carbons (Fsp3) is 0.611. The number of rotatable bonds is 1. The van der Waals surface area contributed by atoms with Crippen LogP contribution < -0.4 is 5.32 Å². The van der Waals surface area contributed by atoms with Crippen molar-refractivity contribution in [2.75, 3.05) is 19.6 Å². The zero-order chi connectivity index (χ0) is 16.0. The van der Waals surface area contributed by atoms with Gasteiger partial charge < -0.3 is 10.2 Å². The van der Waals surface area contributed by atoms with Gasteiger partial charge in [0.25, 0.3) is 0 Å². The Balaban J connectivity index is 0.00000169. The summed E-state index contributed by atoms with van der Waals surface area (Å²) in [6.45, 7) is 2.32. The number of nitrogens with zero attached hydrogens (tertiary/aromatic N) is 1. The third kappa shape index (κ3) is 2.62. The molecule has 0 radical (unpaired) electrons. The molecule has 132 valence electrons. The molecule has 1 aromatic rings. The molecule has 0 bridgehead atoms. The Bertz CT molecular complexity index is 654. The van der Waals surface area contributed by atoms with Crippen molar-refractivity contribution >= 4 is 18.3 Å². The molecule has 2 fully saturated rings. The predicted molar refractivity (Wildman–Crippen MR) is 90.0 cm³/mol. The van der Waals surface area contributed by atoms with E-state index in [9.17, 15) is 13.6 Å². The number of fused-ring (bicyclic) bond motifs is 2. The first kappa shape index (κ1) is 17.6. The van der Waals surface area contributed by atoms with Crippen LogP contribution >= 0.6 is 12.4 Å². The van der Waals surface area contributed by atoms with Gasteiger partial charge in [-0.05, 0) is 49.4 Å². The minimum atomic E-state index is -0.402. The molecule has 24 heavy (non-hydrogen) atoms. The fourth-order valence-corrected chi connectivity index (χ4v) is 4.75. The van der Waals surface area contributed by atoms with E-state index in [2.05, 4.69) is 5.32 Å². The summed E-state index contributed by atoms with van der Waals surface area (Å²) in [4.78, 5) is 15.0. The molecule has 4 rings (SSSR count). The summed E-state index contributed by atoms with van der Waals surface area (Å²) in [6, 6.07) is 2.35. The van der Waals surface area contributed by atoms with E-state index >= 15 is 0 Å². The van der Waals surface area contributed by atoms with Crippen LogP contribution in [0.3, 0.4) is 0 Å². The molecular weight excluding hydrogens is 334 g/mol. The lowest BCUT2D eigenvalue weighted by atomic mass is 9.67. The monoisotopic (exact) mass is 356 g/mol. The van der Waals surface area contributed by atoms with Crippen LogP contribution in [0.1, 0.15) is 36.8 Å². The number of benzene rings is 1. The first-order valence-corrected chi connectivity index (χ1v) is 8.58. The van der Waals surface area contributed by atoms with Crippen LogP contribution in [-0.4, -0.2) is 30.4 Å². The summed E-state index contributed by atoms with van der Waals surface area (Å²) in [5, 5.41) is 3.38. The molecule has 3 nitrogen and oxygen atoms in total. The lowest BCUT2D eigenvalue weighted by Crippen LogP contribution is -2.51. The van der Waals surface area contributed by atoms with Crippen molar-refractivity contribution in [3.63, 3.8) is 0 Å². The molecule has 2 aliphatic heterocycles. The van der Waals surface area contributed by atoms with Crippen LogP contribution in [0, 0.1) is 23.0 Å². The molecule has 0 aromatic heterocycles. The Hall–Kier alpha value is -1.20. The van der Waals surface area contributed by atoms with E-state index in [4.69, 9.17) is 0 Å². The first-order valence-electron chi connectivity index (χ1n) is 8.58. The number of hydrogen-bond acceptors (Lipinski definition) is 2. The van der Waals surface area contributed by atoms with Crippen molar-refractivity contribution in [1.29, 1.82) is 0 Å². The largest absolute Gasteiger partial charge is 0.337 e. The highest BCUT2D eigenvalue weighted by Gasteiger charge is 2.51. The van der Waals surface area contributed by atoms with Crippen molar-refractivity contribution < 1.29 is 13.6 Å². The van der Waals surface area contributed by atoms with Gasteiger partial charge in [0.15, 0.2) is 0 Å². The van der Waals surface area contributed by atoms with Crippen LogP contribution in [0.5, 0.6) is 0 Å². The number of carbonyl (C=O) groups excluding carboxylic acids is 1. The second-order valence-electron chi connectivity index (χ2n) is 7.19. The van der Waals surface area contributed by atoms with Crippen LogP contribution in [-0.2, 0) is 17.8 Å². The maximum absolute atomic E-state index is 14.1. The summed E-state index contributed by atoms with van der Waals surface area (Å²) < 4.78 is 27.9. The van der Waals surface area contributed by atoms with E-state index < -0.39 is 5.82 Å². The molecular formula is C18H23ClF2N2O. The van der Waals surface area contributed by atoms with E-state index in [-0.39, 0.29) is 36.1 Å². The van der Waals surface area contributed by atoms with Crippen LogP contribution in [0.2, 0.25) is 0 Å². The van der Waals surface area contributed by atoms with Gasteiger partial charge in [-0.15, -0.1) is 12.4 Å². The lowest BCUT2D eigenvalue weighted by molar-refractivity contribution is -0.146. The zero-order valence-corrected chi connectivity index (χ0v) is 14.4. The summed E-state index contributed by atoms with van der Waals surface area (Å²) in [7, 11) is 0. The number of nitrogens with one attached hydrogen (secondary N) is 1. The normalized spacial score (nSPS) is 28.8. The number of hydrogen-bond donors (Lipinski definition) is 1. The third-order valence-electron chi connectivity index (χ3n) is 6.05. The minimum Gasteiger partial charge on any atom is -0.337 e. The first-order chi connectivity index (χ1) is 11.1. The molecule has 0 spiro atoms. The second kappa shape index (κ2) is 6.60. The van der Waals surface area contributed by atoms with Gasteiger partial charge in [-0.2, -0.15) is 0 Å². The van der Waals surface area contributed by atoms with Gasteiger partial charge in [0, 0.05) is 25.2 Å². The molecule has 0 unspecified atom stereocenters. The molecule has 2 atom stereocenters. The Morgan fingerprint density at radius 1 is 1.21 bits per heavy atom. The van der Waals surface area contributed by atoms with Gasteiger partial charge in [-0.1, -0.05) is 12.8 Å². The standard InChI is InChI=1S/C18H22F2N2O.ClH/c19-15-4-5-16(20)14-10-22(8-6-13(14)15)17(23)18-7-2-1-3-12(18)9-21-11-18;/h4-5,12,21H,1-3,6-11H2;1H/t12-,18+;/m0./s1. The average Bonchev–Trinajstić information content (AvgIpc) is 3.02. The van der Waals surface area contributed by atoms with Crippen molar-refractivity contribution in [2.24, 2.45) is 11.3 Å². The molecule has 3 aliphatic rings. The maximum Gasteiger partial charge on any atom is 0.230 e. The SMILES string of the molecule is Cl.O=C(N1CCc2c(F)ccc(F)c2C1)[C@@]12CCCC[C@H]1CNC2. The Morgan fingerprint density at radius 3 is 2.75 bits per heavy atom. The van der Waals surface area contributed by atoms with Gasteiger partial charge in [0.1, 0.15) is 11.6 Å². The van der Waals surface area contributed by atoms with Gasteiger partial charge in [-0.25, -0.2) is 8.78 Å². The summed E-state index contributed by atoms with van der Waals surface area (Å²) >= 11 is 0. The summed E-state index contributed by atoms with van der Waals surface area (Å²) in [6.07, 6.45) is 4.67. The molecule has 1 saturated heterocycles. The Kier molecular flexibility index (Phi) is 4.85. The van der Waals surface area contributed by atoms with E-state index in [1.807, 2.05) is 0 Å². The predicted octanol–water partition coefficient (Wildman–Crippen LogP) is 3.05. The highest BCUT2D eigenvalue weighted by Crippen LogP contribution is 2.45. The fourth-order valence-electron chi connectivity index (χ4n) is 4.75. The van der Waals surface area contributed by atoms with Crippen molar-refractivity contribution in [3.8, 4) is 0 Å². The maximum atomic E-state index is 14.1. The summed E-state index contributed by atoms with van der Waals surface area (Å²) in [5.41, 5.74) is 0.482. The van der Waals surface area contributed by atoms with Gasteiger partial charge in [0.05, 0.1) is 5.41 Å². The molecule has 6 heteroatoms. The van der Waals surface area contributed by atoms with E-state index in [1.165, 1.54) is 18.6 Å². The van der Waals surface area contributed by atoms with Gasteiger partial charge in [-0.3, -0.25) is 4.79 Å². The topological polar surface area (TPSA) is 32.3 Å². The zero-order valence-electron chi connectivity index (χ0n) is 13.6. The number of carbonyl (C=O) groups is 1. The molecule has 1 N–H and O–H groups in total. The second-order valence-corrected chi connectivity index (χ2v) is 7.19. The van der Waals surface area contributed by atoms with Crippen LogP contribution in [0.25, 0.3) is 0 Å². The van der Waals surface area contributed by atoms with Crippen molar-refractivity contribution in [2.45, 2.75) is 38.6 Å². The quantitative estimate of drug-likeness (QED) is 0.838. The van der Waals surface area contributed by atoms with E-state index in [1.54, 1.807) is 4.90 Å². The molecule has 1 saturated carbocycles. The van der Waals surface area contributed by atoms with Crippen molar-refractivity contribution in [1.82, 2.24) is 10.2 Å². The number of halogens is 3. The molecule has 1 aliphatic carbocycles. The van der Waals surface area contributed by atoms with Crippen LogP contribution in [0.15, 0.2) is 12.1 Å². The van der Waals surface area contributed by atoms with Gasteiger partial charge in [0.2, 0.25) is 5.91 Å². The Labute approximate surface area is 147 Å². The lowest BCUT2D eigenvalue weighted by Gasteiger charge is -2.42. The molecule has 1 amide bonds. The minimum absolute atomic E-state index is 0. The van der Waals surface area contributed by atoms with E-state index in [0.29, 0.717) is 30.0 Å². The van der Waals surface area contributed by atoms with Gasteiger partial charge >= 0.3 is 0 Å². The smallest absolute Gasteiger partial charge is 0.230 e. The molecule has 1 aromatic carbocycles. The van der Waals surface area contributed by atoms with Crippen molar-refractivity contribution in [3.05, 3.63) is 34.9 Å². The summed E-state index contributed by atoms with van der Waals surface area (Å²) in [5.74, 6) is -0.227. The highest BCUT2D eigenvalue weighted by molar-refractivity contribution is 5.85. The average molecular weight is 357 g/mol. The third-order valence-corrected chi connectivity index (χ3v) is 6.05. The molecule has 2 heterocycles. The number of amides is 1. The van der Waals surface area contributed by atoms with Crippen LogP contribution in [0.4, 0.5) is 8.78 Å². The van der Waals surface area contributed by atoms with E-state index in [0.717, 1.165) is 32.4 Å².